The summed E-state index contributed by atoms with van der Waals surface area (Å²) >= 11 is 8.35. The molecule has 1 amide bonds. The molecule has 0 aromatic heterocycles. The molecule has 1 unspecified atom stereocenters. The second kappa shape index (κ2) is 6.24. The highest BCUT2D eigenvalue weighted by Gasteiger charge is 2.25. The fourth-order valence-electron chi connectivity index (χ4n) is 2.37. The number of hydrogen-bond acceptors (Lipinski definition) is 1. The van der Waals surface area contributed by atoms with E-state index in [1.807, 2.05) is 36.1 Å². The third-order valence-electron chi connectivity index (χ3n) is 3.55. The van der Waals surface area contributed by atoms with E-state index in [9.17, 15) is 4.79 Å². The van der Waals surface area contributed by atoms with Crippen molar-refractivity contribution in [1.82, 2.24) is 4.90 Å². The fraction of sp³-hybridized carbons (Fsp3) is 0.500. The molecule has 18 heavy (non-hydrogen) atoms. The highest BCUT2D eigenvalue weighted by Crippen LogP contribution is 2.24. The summed E-state index contributed by atoms with van der Waals surface area (Å²) in [6, 6.07) is 7.77. The van der Waals surface area contributed by atoms with Crippen molar-refractivity contribution in [2.75, 3.05) is 13.1 Å². The van der Waals surface area contributed by atoms with E-state index in [0.29, 0.717) is 5.92 Å². The molecule has 4 heteroatoms. The van der Waals surface area contributed by atoms with E-state index in [-0.39, 0.29) is 11.3 Å². The predicted molar refractivity (Wildman–Crippen MR) is 83.1 cm³/mol. The lowest BCUT2D eigenvalue weighted by Crippen LogP contribution is -2.40. The van der Waals surface area contributed by atoms with Crippen molar-refractivity contribution in [2.45, 2.75) is 25.1 Å². The van der Waals surface area contributed by atoms with E-state index in [1.165, 1.54) is 0 Å². The van der Waals surface area contributed by atoms with Crippen LogP contribution < -0.4 is 0 Å². The molecule has 0 N–H and O–H groups in total. The van der Waals surface area contributed by atoms with Crippen molar-refractivity contribution < 1.29 is 4.79 Å². The number of amides is 1. The molecule has 0 radical (unpaired) electrons. The molecule has 1 heterocycles. The van der Waals surface area contributed by atoms with E-state index >= 15 is 0 Å². The largest absolute Gasteiger partial charge is 0.339 e. The molecule has 1 aliphatic rings. The molecule has 0 saturated carbocycles. The quantitative estimate of drug-likeness (QED) is 0.567. The first kappa shape index (κ1) is 14.1. The van der Waals surface area contributed by atoms with Crippen LogP contribution in [0.15, 0.2) is 24.3 Å². The van der Waals surface area contributed by atoms with E-state index < -0.39 is 0 Å². The van der Waals surface area contributed by atoms with Gasteiger partial charge < -0.3 is 4.90 Å². The number of piperidine rings is 1. The SMILES string of the molecule is CC(Cl)C1CCN(C(=O)c2cccc(I)c2)CC1. The summed E-state index contributed by atoms with van der Waals surface area (Å²) in [5.41, 5.74) is 0.791. The van der Waals surface area contributed by atoms with E-state index in [0.717, 1.165) is 35.1 Å². The van der Waals surface area contributed by atoms with Crippen LogP contribution >= 0.6 is 34.2 Å². The van der Waals surface area contributed by atoms with Crippen LogP contribution in [-0.4, -0.2) is 29.3 Å². The van der Waals surface area contributed by atoms with Crippen LogP contribution in [0.1, 0.15) is 30.1 Å². The Kier molecular flexibility index (Phi) is 4.90. The zero-order valence-corrected chi connectivity index (χ0v) is 13.3. The van der Waals surface area contributed by atoms with Crippen molar-refractivity contribution in [2.24, 2.45) is 5.92 Å². The molecule has 1 aliphatic heterocycles. The number of nitrogens with zero attached hydrogens (tertiary/aromatic N) is 1. The zero-order valence-electron chi connectivity index (χ0n) is 10.4. The van der Waals surface area contributed by atoms with Crippen LogP contribution in [0.3, 0.4) is 0 Å². The number of hydrogen-bond donors (Lipinski definition) is 0. The maximum atomic E-state index is 12.3. The fourth-order valence-corrected chi connectivity index (χ4v) is 3.16. The van der Waals surface area contributed by atoms with Crippen LogP contribution in [0.4, 0.5) is 0 Å². The molecule has 1 saturated heterocycles. The van der Waals surface area contributed by atoms with Gasteiger partial charge in [-0.25, -0.2) is 0 Å². The summed E-state index contributed by atoms with van der Waals surface area (Å²) in [7, 11) is 0. The molecule has 2 nitrogen and oxygen atoms in total. The number of likely N-dealkylation sites (tertiary alicyclic amines) is 1. The molecule has 0 bridgehead atoms. The van der Waals surface area contributed by atoms with E-state index in [1.54, 1.807) is 0 Å². The highest BCUT2D eigenvalue weighted by atomic mass is 127. The summed E-state index contributed by atoms with van der Waals surface area (Å²) in [5, 5.41) is 0.208. The normalized spacial score (nSPS) is 18.7. The first-order chi connectivity index (χ1) is 8.58. The summed E-state index contributed by atoms with van der Waals surface area (Å²) < 4.78 is 1.10. The van der Waals surface area contributed by atoms with Gasteiger partial charge in [-0.15, -0.1) is 11.6 Å². The van der Waals surface area contributed by atoms with Gasteiger partial charge >= 0.3 is 0 Å². The van der Waals surface area contributed by atoms with Gasteiger partial charge in [-0.2, -0.15) is 0 Å². The van der Waals surface area contributed by atoms with Gasteiger partial charge in [0, 0.05) is 27.6 Å². The maximum Gasteiger partial charge on any atom is 0.253 e. The van der Waals surface area contributed by atoms with Gasteiger partial charge in [-0.05, 0) is 66.5 Å². The van der Waals surface area contributed by atoms with Crippen LogP contribution in [-0.2, 0) is 0 Å². The molecule has 1 aromatic rings. The monoisotopic (exact) mass is 377 g/mol. The molecule has 98 valence electrons. The van der Waals surface area contributed by atoms with E-state index in [2.05, 4.69) is 22.6 Å². The predicted octanol–water partition coefficient (Wildman–Crippen LogP) is 3.77. The number of carbonyl (C=O) groups excluding carboxylic acids is 1. The number of alkyl halides is 1. The Balaban J connectivity index is 1.99. The smallest absolute Gasteiger partial charge is 0.253 e. The Morgan fingerprint density at radius 1 is 1.44 bits per heavy atom. The number of benzene rings is 1. The molecule has 1 atom stereocenters. The third kappa shape index (κ3) is 3.38. The number of carbonyl (C=O) groups is 1. The summed E-state index contributed by atoms with van der Waals surface area (Å²) in [4.78, 5) is 14.3. The van der Waals surface area contributed by atoms with Gasteiger partial charge in [0.25, 0.3) is 5.91 Å². The average molecular weight is 378 g/mol. The van der Waals surface area contributed by atoms with Crippen molar-refractivity contribution >= 4 is 40.1 Å². The van der Waals surface area contributed by atoms with Gasteiger partial charge in [0.05, 0.1) is 0 Å². The summed E-state index contributed by atoms with van der Waals surface area (Å²) in [6.07, 6.45) is 2.03. The molecule has 2 rings (SSSR count). The lowest BCUT2D eigenvalue weighted by atomic mass is 9.93. The first-order valence-electron chi connectivity index (χ1n) is 6.27. The third-order valence-corrected chi connectivity index (χ3v) is 4.58. The Morgan fingerprint density at radius 2 is 2.11 bits per heavy atom. The lowest BCUT2D eigenvalue weighted by Gasteiger charge is -2.33. The minimum Gasteiger partial charge on any atom is -0.339 e. The van der Waals surface area contributed by atoms with Crippen molar-refractivity contribution in [3.8, 4) is 0 Å². The highest BCUT2D eigenvalue weighted by molar-refractivity contribution is 14.1. The topological polar surface area (TPSA) is 20.3 Å². The van der Waals surface area contributed by atoms with Gasteiger partial charge in [0.15, 0.2) is 0 Å². The summed E-state index contributed by atoms with van der Waals surface area (Å²) in [6.45, 7) is 3.70. The Morgan fingerprint density at radius 3 is 2.67 bits per heavy atom. The Hall–Kier alpha value is -0.290. The average Bonchev–Trinajstić information content (AvgIpc) is 2.38. The first-order valence-corrected chi connectivity index (χ1v) is 7.78. The van der Waals surface area contributed by atoms with Crippen molar-refractivity contribution in [3.05, 3.63) is 33.4 Å². The van der Waals surface area contributed by atoms with Crippen LogP contribution in [0.25, 0.3) is 0 Å². The Bertz CT molecular complexity index is 428. The lowest BCUT2D eigenvalue weighted by molar-refractivity contribution is 0.0690. The number of halogens is 2. The molecule has 0 spiro atoms. The van der Waals surface area contributed by atoms with Gasteiger partial charge in [0.2, 0.25) is 0 Å². The van der Waals surface area contributed by atoms with Gasteiger partial charge in [0.1, 0.15) is 0 Å². The van der Waals surface area contributed by atoms with Crippen molar-refractivity contribution in [1.29, 1.82) is 0 Å². The number of rotatable bonds is 2. The summed E-state index contributed by atoms with van der Waals surface area (Å²) in [5.74, 6) is 0.695. The molecular formula is C14H17ClINO. The molecule has 1 aromatic carbocycles. The maximum absolute atomic E-state index is 12.3. The Labute approximate surface area is 127 Å². The van der Waals surface area contributed by atoms with Crippen LogP contribution in [0.5, 0.6) is 0 Å². The second-order valence-corrected chi connectivity index (χ2v) is 6.75. The molecule has 1 fully saturated rings. The minimum absolute atomic E-state index is 0.147. The minimum atomic E-state index is 0.147. The molecule has 0 aliphatic carbocycles. The second-order valence-electron chi connectivity index (χ2n) is 4.82. The zero-order chi connectivity index (χ0) is 13.1. The molecular weight excluding hydrogens is 361 g/mol. The van der Waals surface area contributed by atoms with Crippen LogP contribution in [0, 0.1) is 9.49 Å². The van der Waals surface area contributed by atoms with Gasteiger partial charge in [-0.1, -0.05) is 6.07 Å². The standard InChI is InChI=1S/C14H17ClINO/c1-10(15)11-5-7-17(8-6-11)14(18)12-3-2-4-13(16)9-12/h2-4,9-11H,5-8H2,1H3. The van der Waals surface area contributed by atoms with Gasteiger partial charge in [-0.3, -0.25) is 4.79 Å². The van der Waals surface area contributed by atoms with E-state index in [4.69, 9.17) is 11.6 Å². The van der Waals surface area contributed by atoms with Crippen molar-refractivity contribution in [3.63, 3.8) is 0 Å². The van der Waals surface area contributed by atoms with Crippen LogP contribution in [0.2, 0.25) is 0 Å².